The number of aliphatic hydroxyl groups excluding tert-OH is 1. The quantitative estimate of drug-likeness (QED) is 0.802. The number of nitrogens with zero attached hydrogens (tertiary/aromatic N) is 1. The molecule has 0 bridgehead atoms. The lowest BCUT2D eigenvalue weighted by Gasteiger charge is -2.25. The molecule has 1 aliphatic heterocycles. The Kier molecular flexibility index (Phi) is 5.11. The highest BCUT2D eigenvalue weighted by Crippen LogP contribution is 2.11. The molecule has 1 saturated heterocycles. The fourth-order valence-electron chi connectivity index (χ4n) is 2.45. The van der Waals surface area contributed by atoms with E-state index in [9.17, 15) is 4.39 Å². The third-order valence-electron chi connectivity index (χ3n) is 3.38. The number of halogens is 1. The van der Waals surface area contributed by atoms with E-state index in [-0.39, 0.29) is 12.4 Å². The van der Waals surface area contributed by atoms with Crippen molar-refractivity contribution in [1.29, 1.82) is 0 Å². The molecule has 1 fully saturated rings. The first kappa shape index (κ1) is 13.5. The molecule has 2 rings (SSSR count). The highest BCUT2D eigenvalue weighted by Gasteiger charge is 2.17. The molecule has 0 radical (unpaired) electrons. The molecule has 0 aliphatic carbocycles. The summed E-state index contributed by atoms with van der Waals surface area (Å²) >= 11 is 0. The van der Waals surface area contributed by atoms with Crippen LogP contribution in [0.2, 0.25) is 0 Å². The maximum absolute atomic E-state index is 12.8. The molecule has 1 unspecified atom stereocenters. The van der Waals surface area contributed by atoms with Crippen molar-refractivity contribution in [3.63, 3.8) is 0 Å². The van der Waals surface area contributed by atoms with E-state index in [1.165, 1.54) is 25.0 Å². The van der Waals surface area contributed by atoms with E-state index < -0.39 is 0 Å². The van der Waals surface area contributed by atoms with Crippen LogP contribution in [0.15, 0.2) is 24.3 Å². The minimum Gasteiger partial charge on any atom is -0.395 e. The monoisotopic (exact) mass is 252 g/mol. The van der Waals surface area contributed by atoms with E-state index >= 15 is 0 Å². The van der Waals surface area contributed by atoms with Crippen LogP contribution in [-0.4, -0.2) is 42.3 Å². The van der Waals surface area contributed by atoms with Gasteiger partial charge in [-0.1, -0.05) is 12.1 Å². The van der Waals surface area contributed by atoms with Gasteiger partial charge in [-0.2, -0.15) is 0 Å². The van der Waals surface area contributed by atoms with Gasteiger partial charge in [0.2, 0.25) is 0 Å². The van der Waals surface area contributed by atoms with Gasteiger partial charge in [0.15, 0.2) is 0 Å². The number of hydrogen-bond acceptors (Lipinski definition) is 3. The van der Waals surface area contributed by atoms with Crippen LogP contribution in [0, 0.1) is 5.82 Å². The standard InChI is InChI=1S/C14H21FN2O/c15-13-5-3-12(4-6-13)10-17(8-9-18)11-14-2-1-7-16-14/h3-6,14,16,18H,1-2,7-11H2. The van der Waals surface area contributed by atoms with E-state index in [2.05, 4.69) is 10.2 Å². The average molecular weight is 252 g/mol. The molecule has 0 saturated carbocycles. The fourth-order valence-corrected chi connectivity index (χ4v) is 2.45. The Bertz CT molecular complexity index is 349. The lowest BCUT2D eigenvalue weighted by molar-refractivity contribution is 0.179. The SMILES string of the molecule is OCCN(Cc1ccc(F)cc1)CC1CCCN1. The normalized spacial score (nSPS) is 19.6. The molecule has 3 nitrogen and oxygen atoms in total. The number of benzene rings is 1. The molecule has 2 N–H and O–H groups in total. The lowest BCUT2D eigenvalue weighted by Crippen LogP contribution is -2.38. The van der Waals surface area contributed by atoms with E-state index in [4.69, 9.17) is 5.11 Å². The Morgan fingerprint density at radius 3 is 2.72 bits per heavy atom. The first-order chi connectivity index (χ1) is 8.78. The summed E-state index contributed by atoms with van der Waals surface area (Å²) in [4.78, 5) is 2.22. The van der Waals surface area contributed by atoms with Crippen LogP contribution < -0.4 is 5.32 Å². The third kappa shape index (κ3) is 4.05. The molecule has 1 aromatic rings. The number of nitrogens with one attached hydrogen (secondary N) is 1. The van der Waals surface area contributed by atoms with Crippen molar-refractivity contribution in [2.45, 2.75) is 25.4 Å². The molecule has 4 heteroatoms. The van der Waals surface area contributed by atoms with Crippen molar-refractivity contribution in [3.8, 4) is 0 Å². The topological polar surface area (TPSA) is 35.5 Å². The van der Waals surface area contributed by atoms with Gasteiger partial charge in [-0.15, -0.1) is 0 Å². The summed E-state index contributed by atoms with van der Waals surface area (Å²) in [6.07, 6.45) is 2.43. The number of hydrogen-bond donors (Lipinski definition) is 2. The molecule has 1 atom stereocenters. The van der Waals surface area contributed by atoms with E-state index in [1.54, 1.807) is 0 Å². The van der Waals surface area contributed by atoms with Crippen LogP contribution in [-0.2, 0) is 6.54 Å². The van der Waals surface area contributed by atoms with Gasteiger partial charge in [0, 0.05) is 25.7 Å². The molecule has 1 aliphatic rings. The summed E-state index contributed by atoms with van der Waals surface area (Å²) in [6.45, 7) is 3.62. The fraction of sp³-hybridized carbons (Fsp3) is 0.571. The Hall–Kier alpha value is -0.970. The van der Waals surface area contributed by atoms with Gasteiger partial charge >= 0.3 is 0 Å². The second-order valence-corrected chi connectivity index (χ2v) is 4.88. The minimum absolute atomic E-state index is 0.161. The van der Waals surface area contributed by atoms with Crippen molar-refractivity contribution >= 4 is 0 Å². The van der Waals surface area contributed by atoms with E-state index in [0.717, 1.165) is 25.2 Å². The Morgan fingerprint density at radius 1 is 1.33 bits per heavy atom. The smallest absolute Gasteiger partial charge is 0.123 e. The molecular weight excluding hydrogens is 231 g/mol. The maximum atomic E-state index is 12.8. The van der Waals surface area contributed by atoms with Crippen molar-refractivity contribution in [2.24, 2.45) is 0 Å². The summed E-state index contributed by atoms with van der Waals surface area (Å²) in [5, 5.41) is 12.6. The summed E-state index contributed by atoms with van der Waals surface area (Å²) in [5.74, 6) is -0.204. The first-order valence-electron chi connectivity index (χ1n) is 6.59. The summed E-state index contributed by atoms with van der Waals surface area (Å²) in [5.41, 5.74) is 1.09. The maximum Gasteiger partial charge on any atom is 0.123 e. The second kappa shape index (κ2) is 6.83. The van der Waals surface area contributed by atoms with Gasteiger partial charge in [0.25, 0.3) is 0 Å². The zero-order chi connectivity index (χ0) is 12.8. The van der Waals surface area contributed by atoms with Crippen LogP contribution in [0.25, 0.3) is 0 Å². The number of rotatable bonds is 6. The minimum atomic E-state index is -0.204. The zero-order valence-corrected chi connectivity index (χ0v) is 10.6. The Morgan fingerprint density at radius 2 is 2.11 bits per heavy atom. The molecule has 1 aromatic carbocycles. The molecular formula is C14H21FN2O. The Labute approximate surface area is 108 Å². The third-order valence-corrected chi connectivity index (χ3v) is 3.38. The van der Waals surface area contributed by atoms with Gasteiger partial charge in [0.05, 0.1) is 6.61 Å². The molecule has 100 valence electrons. The Balaban J connectivity index is 1.90. The van der Waals surface area contributed by atoms with Crippen LogP contribution in [0.4, 0.5) is 4.39 Å². The summed E-state index contributed by atoms with van der Waals surface area (Å²) in [6, 6.07) is 7.11. The van der Waals surface area contributed by atoms with Gasteiger partial charge in [-0.05, 0) is 37.1 Å². The highest BCUT2D eigenvalue weighted by atomic mass is 19.1. The molecule has 1 heterocycles. The summed E-state index contributed by atoms with van der Waals surface area (Å²) < 4.78 is 12.8. The van der Waals surface area contributed by atoms with Gasteiger partial charge < -0.3 is 10.4 Å². The predicted molar refractivity (Wildman–Crippen MR) is 69.8 cm³/mol. The molecule has 0 aromatic heterocycles. The molecule has 18 heavy (non-hydrogen) atoms. The lowest BCUT2D eigenvalue weighted by atomic mass is 10.1. The van der Waals surface area contributed by atoms with E-state index in [0.29, 0.717) is 12.6 Å². The van der Waals surface area contributed by atoms with Crippen LogP contribution in [0.1, 0.15) is 18.4 Å². The molecule has 0 spiro atoms. The highest BCUT2D eigenvalue weighted by molar-refractivity contribution is 5.15. The van der Waals surface area contributed by atoms with Crippen molar-refractivity contribution < 1.29 is 9.50 Å². The van der Waals surface area contributed by atoms with Gasteiger partial charge in [-0.25, -0.2) is 4.39 Å². The van der Waals surface area contributed by atoms with Crippen molar-refractivity contribution in [3.05, 3.63) is 35.6 Å². The number of aliphatic hydroxyl groups is 1. The molecule has 0 amide bonds. The second-order valence-electron chi connectivity index (χ2n) is 4.88. The van der Waals surface area contributed by atoms with Gasteiger partial charge in [-0.3, -0.25) is 4.90 Å². The summed E-state index contributed by atoms with van der Waals surface area (Å²) in [7, 11) is 0. The zero-order valence-electron chi connectivity index (χ0n) is 10.6. The van der Waals surface area contributed by atoms with Crippen LogP contribution >= 0.6 is 0 Å². The van der Waals surface area contributed by atoms with Gasteiger partial charge in [0.1, 0.15) is 5.82 Å². The van der Waals surface area contributed by atoms with Crippen molar-refractivity contribution in [2.75, 3.05) is 26.2 Å². The van der Waals surface area contributed by atoms with Crippen molar-refractivity contribution in [1.82, 2.24) is 10.2 Å². The average Bonchev–Trinajstić information content (AvgIpc) is 2.85. The van der Waals surface area contributed by atoms with E-state index in [1.807, 2.05) is 12.1 Å². The van der Waals surface area contributed by atoms with Crippen LogP contribution in [0.5, 0.6) is 0 Å². The largest absolute Gasteiger partial charge is 0.395 e. The predicted octanol–water partition coefficient (Wildman–Crippen LogP) is 1.37. The first-order valence-corrected chi connectivity index (χ1v) is 6.59. The van der Waals surface area contributed by atoms with Crippen LogP contribution in [0.3, 0.4) is 0 Å².